The number of hydrogen-bond acceptors (Lipinski definition) is 6. The van der Waals surface area contributed by atoms with Crippen LogP contribution in [0.1, 0.15) is 20.8 Å². The number of carboxylic acids is 1. The largest absolute Gasteiger partial charge is 0.477 e. The molecule has 1 N–H and O–H groups in total. The Morgan fingerprint density at radius 2 is 1.97 bits per heavy atom. The minimum absolute atomic E-state index is 0.00438. The van der Waals surface area contributed by atoms with Crippen LogP contribution in [0.15, 0.2) is 36.4 Å². The van der Waals surface area contributed by atoms with Gasteiger partial charge < -0.3 is 19.3 Å². The molecule has 0 saturated heterocycles. The molecule has 0 unspecified atom stereocenters. The van der Waals surface area contributed by atoms with Gasteiger partial charge in [-0.1, -0.05) is 18.2 Å². The molecule has 1 aliphatic heterocycles. The zero-order valence-corrected chi connectivity index (χ0v) is 16.2. The van der Waals surface area contributed by atoms with E-state index >= 15 is 0 Å². The van der Waals surface area contributed by atoms with Crippen LogP contribution >= 0.6 is 11.3 Å². The van der Waals surface area contributed by atoms with Crippen molar-refractivity contribution in [1.82, 2.24) is 4.90 Å². The monoisotopic (exact) mass is 421 g/mol. The van der Waals surface area contributed by atoms with Gasteiger partial charge in [0.25, 0.3) is 0 Å². The van der Waals surface area contributed by atoms with Gasteiger partial charge in [0.15, 0.2) is 11.5 Å². The van der Waals surface area contributed by atoms with E-state index in [0.717, 1.165) is 10.1 Å². The van der Waals surface area contributed by atoms with E-state index in [1.54, 1.807) is 13.1 Å². The molecule has 0 fully saturated rings. The lowest BCUT2D eigenvalue weighted by molar-refractivity contribution is -0.0508. The van der Waals surface area contributed by atoms with Gasteiger partial charge in [0, 0.05) is 29.4 Å². The van der Waals surface area contributed by atoms with Gasteiger partial charge in [0.1, 0.15) is 10.6 Å². The molecule has 3 aromatic rings. The second-order valence-electron chi connectivity index (χ2n) is 6.58. The topological polar surface area (TPSA) is 68.2 Å². The fraction of sp³-hybridized carbons (Fsp3) is 0.250. The summed E-state index contributed by atoms with van der Waals surface area (Å²) in [7, 11) is 1.79. The molecule has 2 aromatic carbocycles. The third-order valence-electron chi connectivity index (χ3n) is 4.53. The van der Waals surface area contributed by atoms with Crippen LogP contribution < -0.4 is 14.2 Å². The van der Waals surface area contributed by atoms with Crippen molar-refractivity contribution in [3.05, 3.63) is 52.4 Å². The normalized spacial score (nSPS) is 12.9. The summed E-state index contributed by atoms with van der Waals surface area (Å²) in [6.45, 7) is -2.37. The highest BCUT2D eigenvalue weighted by atomic mass is 32.1. The van der Waals surface area contributed by atoms with Gasteiger partial charge in [-0.05, 0) is 30.1 Å². The fourth-order valence-electron chi connectivity index (χ4n) is 3.34. The Kier molecular flexibility index (Phi) is 5.25. The zero-order valence-electron chi connectivity index (χ0n) is 15.4. The molecule has 9 heteroatoms. The number of nitrogens with zero attached hydrogens (tertiary/aromatic N) is 1. The number of thiophene rings is 1. The summed E-state index contributed by atoms with van der Waals surface area (Å²) in [6, 6.07) is 10.5. The van der Waals surface area contributed by atoms with E-state index in [2.05, 4.69) is 4.74 Å². The van der Waals surface area contributed by atoms with E-state index in [-0.39, 0.29) is 24.0 Å². The Morgan fingerprint density at radius 3 is 2.69 bits per heavy atom. The Morgan fingerprint density at radius 1 is 1.24 bits per heavy atom. The van der Waals surface area contributed by atoms with E-state index in [9.17, 15) is 18.7 Å². The molecule has 0 atom stereocenters. The van der Waals surface area contributed by atoms with Crippen LogP contribution in [0, 0.1) is 0 Å². The smallest absolute Gasteiger partial charge is 0.387 e. The van der Waals surface area contributed by atoms with E-state index in [1.807, 2.05) is 29.2 Å². The minimum Gasteiger partial charge on any atom is -0.477 e. The lowest BCUT2D eigenvalue weighted by Gasteiger charge is -2.19. The van der Waals surface area contributed by atoms with E-state index < -0.39 is 12.6 Å². The second kappa shape index (κ2) is 7.84. The van der Waals surface area contributed by atoms with Crippen LogP contribution in [0.3, 0.4) is 0 Å². The first-order chi connectivity index (χ1) is 13.9. The number of ether oxygens (including phenoxy) is 3. The van der Waals surface area contributed by atoms with Crippen molar-refractivity contribution in [2.45, 2.75) is 19.7 Å². The van der Waals surface area contributed by atoms with Gasteiger partial charge in [0.2, 0.25) is 6.79 Å². The molecule has 4 rings (SSSR count). The standard InChI is InChI=1S/C20H17F2NO5S/c1-23(9-13-12-4-2-3-5-17(12)29-18(13)19(24)25)8-11-6-15-16(27-10-26-15)7-14(11)28-20(21)22/h2-7,20H,8-10H2,1H3,(H,24,25). The highest BCUT2D eigenvalue weighted by molar-refractivity contribution is 7.21. The summed E-state index contributed by atoms with van der Waals surface area (Å²) < 4.78 is 41.8. The fourth-order valence-corrected chi connectivity index (χ4v) is 4.39. The van der Waals surface area contributed by atoms with Crippen LogP contribution in [0.25, 0.3) is 10.1 Å². The first-order valence-electron chi connectivity index (χ1n) is 8.72. The molecule has 0 bridgehead atoms. The molecule has 2 heterocycles. The first-order valence-corrected chi connectivity index (χ1v) is 9.53. The first kappa shape index (κ1) is 19.4. The van der Waals surface area contributed by atoms with E-state index in [1.165, 1.54) is 17.4 Å². The van der Waals surface area contributed by atoms with Gasteiger partial charge >= 0.3 is 12.6 Å². The van der Waals surface area contributed by atoms with Gasteiger partial charge in [-0.15, -0.1) is 11.3 Å². The highest BCUT2D eigenvalue weighted by Crippen LogP contribution is 2.39. The third kappa shape index (κ3) is 3.96. The van der Waals surface area contributed by atoms with Crippen LogP contribution in [-0.4, -0.2) is 36.4 Å². The molecule has 0 aliphatic carbocycles. The number of alkyl halides is 2. The third-order valence-corrected chi connectivity index (χ3v) is 5.73. The van der Waals surface area contributed by atoms with Crippen molar-refractivity contribution < 1.29 is 32.9 Å². The molecule has 0 radical (unpaired) electrons. The van der Waals surface area contributed by atoms with Gasteiger partial charge in [-0.25, -0.2) is 4.79 Å². The van der Waals surface area contributed by atoms with Crippen molar-refractivity contribution in [3.8, 4) is 17.2 Å². The van der Waals surface area contributed by atoms with Crippen LogP contribution in [0.4, 0.5) is 8.78 Å². The summed E-state index contributed by atoms with van der Waals surface area (Å²) in [4.78, 5) is 13.8. The predicted octanol–water partition coefficient (Wildman–Crippen LogP) is 4.56. The number of rotatable bonds is 7. The lowest BCUT2D eigenvalue weighted by Crippen LogP contribution is -2.19. The molecule has 1 aromatic heterocycles. The number of halogens is 2. The SMILES string of the molecule is CN(Cc1cc2c(cc1OC(F)F)OCO2)Cc1c(C(=O)O)sc2ccccc12. The molecule has 152 valence electrons. The summed E-state index contributed by atoms with van der Waals surface area (Å²) in [6.07, 6.45) is 0. The molecule has 1 aliphatic rings. The molecular formula is C20H17F2NO5S. The molecule has 0 amide bonds. The number of aromatic carboxylic acids is 1. The van der Waals surface area contributed by atoms with Crippen molar-refractivity contribution in [2.75, 3.05) is 13.8 Å². The Labute approximate surface area is 168 Å². The van der Waals surface area contributed by atoms with Gasteiger partial charge in [-0.3, -0.25) is 4.90 Å². The van der Waals surface area contributed by atoms with Gasteiger partial charge in [0.05, 0.1) is 0 Å². The summed E-state index contributed by atoms with van der Waals surface area (Å²) in [5.74, 6) is -0.171. The molecule has 29 heavy (non-hydrogen) atoms. The maximum atomic E-state index is 12.8. The van der Waals surface area contributed by atoms with Crippen LogP contribution in [0.5, 0.6) is 17.2 Å². The average molecular weight is 421 g/mol. The van der Waals surface area contributed by atoms with E-state index in [0.29, 0.717) is 29.2 Å². The van der Waals surface area contributed by atoms with Crippen molar-refractivity contribution in [1.29, 1.82) is 0 Å². The average Bonchev–Trinajstić information content (AvgIpc) is 3.26. The van der Waals surface area contributed by atoms with Crippen molar-refractivity contribution in [3.63, 3.8) is 0 Å². The second-order valence-corrected chi connectivity index (χ2v) is 7.63. The van der Waals surface area contributed by atoms with Crippen LogP contribution in [-0.2, 0) is 13.1 Å². The molecule has 0 spiro atoms. The number of hydrogen-bond donors (Lipinski definition) is 1. The molecule has 0 saturated carbocycles. The minimum atomic E-state index is -2.97. The molecular weight excluding hydrogens is 404 g/mol. The Balaban J connectivity index is 1.62. The molecule has 6 nitrogen and oxygen atoms in total. The predicted molar refractivity (Wildman–Crippen MR) is 103 cm³/mol. The number of carbonyl (C=O) groups is 1. The number of carboxylic acid groups (broad SMARTS) is 1. The maximum Gasteiger partial charge on any atom is 0.387 e. The summed E-state index contributed by atoms with van der Waals surface area (Å²) in [5.41, 5.74) is 1.19. The summed E-state index contributed by atoms with van der Waals surface area (Å²) in [5, 5.41) is 10.4. The highest BCUT2D eigenvalue weighted by Gasteiger charge is 2.23. The van der Waals surface area contributed by atoms with Gasteiger partial charge in [-0.2, -0.15) is 8.78 Å². The lowest BCUT2D eigenvalue weighted by atomic mass is 10.1. The zero-order chi connectivity index (χ0) is 20.5. The van der Waals surface area contributed by atoms with Crippen molar-refractivity contribution >= 4 is 27.4 Å². The Bertz CT molecular complexity index is 1070. The Hall–Kier alpha value is -2.91. The quantitative estimate of drug-likeness (QED) is 0.603. The van der Waals surface area contributed by atoms with Crippen LogP contribution in [0.2, 0.25) is 0 Å². The summed E-state index contributed by atoms with van der Waals surface area (Å²) >= 11 is 1.22. The maximum absolute atomic E-state index is 12.8. The number of benzene rings is 2. The van der Waals surface area contributed by atoms with E-state index in [4.69, 9.17) is 9.47 Å². The van der Waals surface area contributed by atoms with Crippen molar-refractivity contribution in [2.24, 2.45) is 0 Å². The number of fused-ring (bicyclic) bond motifs is 2.